The molecule has 0 saturated heterocycles. The Kier molecular flexibility index (Phi) is 4.95. The van der Waals surface area contributed by atoms with Gasteiger partial charge in [-0.3, -0.25) is 23.6 Å². The van der Waals surface area contributed by atoms with Crippen molar-refractivity contribution in [3.63, 3.8) is 0 Å². The van der Waals surface area contributed by atoms with Gasteiger partial charge in [-0.05, 0) is 12.6 Å². The minimum Gasteiger partial charge on any atom is -0.368 e. The molecule has 0 aliphatic rings. The molecule has 2 N–H and O–H groups in total. The van der Waals surface area contributed by atoms with E-state index in [2.05, 4.69) is 4.98 Å². The molecule has 2 heterocycles. The molecule has 9 heteroatoms. The zero-order valence-corrected chi connectivity index (χ0v) is 15.5. The van der Waals surface area contributed by atoms with E-state index in [1.165, 1.54) is 16.2 Å². The lowest BCUT2D eigenvalue weighted by Crippen LogP contribution is -2.38. The van der Waals surface area contributed by atoms with Crippen LogP contribution in [0.1, 0.15) is 11.4 Å². The molecular weight excluding hydrogens is 348 g/mol. The minimum atomic E-state index is -0.586. The van der Waals surface area contributed by atoms with Crippen molar-refractivity contribution in [3.8, 4) is 0 Å². The highest BCUT2D eigenvalue weighted by atomic mass is 16.2. The summed E-state index contributed by atoms with van der Waals surface area (Å²) in [5, 5.41) is 0. The molecule has 0 spiro atoms. The Labute approximate surface area is 155 Å². The average Bonchev–Trinajstić information content (AvgIpc) is 2.96. The largest absolute Gasteiger partial charge is 0.368 e. The summed E-state index contributed by atoms with van der Waals surface area (Å²) in [5.74, 6) is -0.0855. The SMILES string of the molecule is CN(Cc1ccccc1)Cc1nc2c(c(=O)n(C)c(=O)n2C)n1CC(N)=O. The molecule has 9 nitrogen and oxygen atoms in total. The Bertz CT molecular complexity index is 1110. The maximum atomic E-state index is 12.6. The van der Waals surface area contributed by atoms with Crippen LogP contribution in [0, 0.1) is 0 Å². The maximum Gasteiger partial charge on any atom is 0.332 e. The summed E-state index contributed by atoms with van der Waals surface area (Å²) in [6.07, 6.45) is 0. The number of aromatic nitrogens is 4. The zero-order chi connectivity index (χ0) is 19.7. The first kappa shape index (κ1) is 18.6. The molecule has 142 valence electrons. The summed E-state index contributed by atoms with van der Waals surface area (Å²) in [7, 11) is 4.86. The van der Waals surface area contributed by atoms with E-state index in [9.17, 15) is 14.4 Å². The smallest absolute Gasteiger partial charge is 0.332 e. The van der Waals surface area contributed by atoms with Gasteiger partial charge in [0.1, 0.15) is 12.4 Å². The third-order valence-corrected chi connectivity index (χ3v) is 4.45. The van der Waals surface area contributed by atoms with Gasteiger partial charge in [0.15, 0.2) is 11.2 Å². The minimum absolute atomic E-state index is 0.182. The lowest BCUT2D eigenvalue weighted by molar-refractivity contribution is -0.118. The number of benzene rings is 1. The number of imidazole rings is 1. The number of hydrogen-bond donors (Lipinski definition) is 1. The van der Waals surface area contributed by atoms with Crippen LogP contribution in [0.3, 0.4) is 0 Å². The molecule has 0 radical (unpaired) electrons. The molecule has 1 amide bonds. The molecule has 3 rings (SSSR count). The van der Waals surface area contributed by atoms with Crippen molar-refractivity contribution in [2.45, 2.75) is 19.6 Å². The molecule has 0 aliphatic heterocycles. The molecule has 0 saturated carbocycles. The highest BCUT2D eigenvalue weighted by molar-refractivity contribution is 5.78. The van der Waals surface area contributed by atoms with E-state index in [0.717, 1.165) is 10.1 Å². The zero-order valence-electron chi connectivity index (χ0n) is 15.5. The first-order chi connectivity index (χ1) is 12.8. The molecule has 1 aromatic carbocycles. The average molecular weight is 370 g/mol. The third kappa shape index (κ3) is 3.54. The maximum absolute atomic E-state index is 12.6. The van der Waals surface area contributed by atoms with Crippen LogP contribution in [0.5, 0.6) is 0 Å². The molecule has 0 bridgehead atoms. The standard InChI is InChI=1S/C18H22N6O3/c1-21(9-12-7-5-4-6-8-12)11-14-20-16-15(24(14)10-13(19)25)17(26)23(3)18(27)22(16)2/h4-8H,9-11H2,1-3H3,(H2,19,25). The lowest BCUT2D eigenvalue weighted by atomic mass is 10.2. The van der Waals surface area contributed by atoms with E-state index >= 15 is 0 Å². The summed E-state index contributed by atoms with van der Waals surface area (Å²) >= 11 is 0. The fourth-order valence-corrected chi connectivity index (χ4v) is 3.13. The number of carbonyl (C=O) groups excluding carboxylic acids is 1. The quantitative estimate of drug-likeness (QED) is 0.632. The van der Waals surface area contributed by atoms with Crippen LogP contribution in [0.15, 0.2) is 39.9 Å². The lowest BCUT2D eigenvalue weighted by Gasteiger charge is -2.17. The monoisotopic (exact) mass is 370 g/mol. The van der Waals surface area contributed by atoms with Crippen molar-refractivity contribution >= 4 is 17.1 Å². The second kappa shape index (κ2) is 7.20. The van der Waals surface area contributed by atoms with Crippen LogP contribution in [0.25, 0.3) is 11.2 Å². The Morgan fingerprint density at radius 1 is 1.11 bits per heavy atom. The van der Waals surface area contributed by atoms with Crippen LogP contribution in [-0.4, -0.2) is 36.5 Å². The van der Waals surface area contributed by atoms with Crippen LogP contribution in [-0.2, 0) is 38.5 Å². The highest BCUT2D eigenvalue weighted by Gasteiger charge is 2.20. The third-order valence-electron chi connectivity index (χ3n) is 4.45. The predicted octanol–water partition coefficient (Wildman–Crippen LogP) is -0.449. The van der Waals surface area contributed by atoms with Crippen LogP contribution in [0.2, 0.25) is 0 Å². The van der Waals surface area contributed by atoms with Crippen LogP contribution in [0.4, 0.5) is 0 Å². The highest BCUT2D eigenvalue weighted by Crippen LogP contribution is 2.14. The first-order valence-corrected chi connectivity index (χ1v) is 8.45. The second-order valence-corrected chi connectivity index (χ2v) is 6.62. The summed E-state index contributed by atoms with van der Waals surface area (Å²) in [4.78, 5) is 42.9. The van der Waals surface area contributed by atoms with Gasteiger partial charge in [-0.15, -0.1) is 0 Å². The van der Waals surface area contributed by atoms with Crippen molar-refractivity contribution in [1.82, 2.24) is 23.6 Å². The van der Waals surface area contributed by atoms with Gasteiger partial charge < -0.3 is 10.3 Å². The van der Waals surface area contributed by atoms with Crippen molar-refractivity contribution in [2.75, 3.05) is 7.05 Å². The summed E-state index contributed by atoms with van der Waals surface area (Å²) < 4.78 is 3.80. The number of nitrogens with two attached hydrogens (primary N) is 1. The van der Waals surface area contributed by atoms with E-state index in [-0.39, 0.29) is 17.7 Å². The number of hydrogen-bond acceptors (Lipinski definition) is 5. The fourth-order valence-electron chi connectivity index (χ4n) is 3.13. The Morgan fingerprint density at radius 2 is 1.78 bits per heavy atom. The summed E-state index contributed by atoms with van der Waals surface area (Å²) in [6.45, 7) is 0.865. The predicted molar refractivity (Wildman–Crippen MR) is 101 cm³/mol. The number of nitrogens with zero attached hydrogens (tertiary/aromatic N) is 5. The van der Waals surface area contributed by atoms with Gasteiger partial charge in [-0.2, -0.15) is 0 Å². The molecule has 2 aromatic heterocycles. The van der Waals surface area contributed by atoms with Crippen LogP contribution >= 0.6 is 0 Å². The van der Waals surface area contributed by atoms with Gasteiger partial charge >= 0.3 is 5.69 Å². The van der Waals surface area contributed by atoms with Crippen molar-refractivity contribution in [3.05, 3.63) is 62.6 Å². The molecule has 0 atom stereocenters. The van der Waals surface area contributed by atoms with E-state index < -0.39 is 17.2 Å². The van der Waals surface area contributed by atoms with Crippen molar-refractivity contribution < 1.29 is 4.79 Å². The van der Waals surface area contributed by atoms with Crippen LogP contribution < -0.4 is 17.0 Å². The number of aryl methyl sites for hydroxylation is 1. The van der Waals surface area contributed by atoms with E-state index in [1.807, 2.05) is 42.3 Å². The molecule has 0 fully saturated rings. The topological polar surface area (TPSA) is 108 Å². The number of fused-ring (bicyclic) bond motifs is 1. The number of carbonyl (C=O) groups is 1. The molecule has 3 aromatic rings. The Balaban J connectivity index is 2.07. The van der Waals surface area contributed by atoms with Gasteiger partial charge in [0, 0.05) is 20.6 Å². The fraction of sp³-hybridized carbons (Fsp3) is 0.333. The summed E-state index contributed by atoms with van der Waals surface area (Å²) in [5.41, 5.74) is 5.97. The molecule has 0 aliphatic carbocycles. The van der Waals surface area contributed by atoms with Crippen molar-refractivity contribution in [1.29, 1.82) is 0 Å². The first-order valence-electron chi connectivity index (χ1n) is 8.45. The normalized spacial score (nSPS) is 11.4. The Hall–Kier alpha value is -3.20. The number of amides is 1. The van der Waals surface area contributed by atoms with Crippen molar-refractivity contribution in [2.24, 2.45) is 19.8 Å². The Morgan fingerprint density at radius 3 is 2.41 bits per heavy atom. The van der Waals surface area contributed by atoms with Gasteiger partial charge in [0.05, 0.1) is 6.54 Å². The molecule has 0 unspecified atom stereocenters. The van der Waals surface area contributed by atoms with E-state index in [1.54, 1.807) is 7.05 Å². The van der Waals surface area contributed by atoms with Gasteiger partial charge in [0.25, 0.3) is 5.56 Å². The van der Waals surface area contributed by atoms with E-state index in [0.29, 0.717) is 18.9 Å². The molecule has 27 heavy (non-hydrogen) atoms. The molecular formula is C18H22N6O3. The summed E-state index contributed by atoms with van der Waals surface area (Å²) in [6, 6.07) is 9.91. The number of rotatable bonds is 6. The second-order valence-electron chi connectivity index (χ2n) is 6.62. The number of primary amides is 1. The van der Waals surface area contributed by atoms with Gasteiger partial charge in [-0.25, -0.2) is 9.78 Å². The van der Waals surface area contributed by atoms with Gasteiger partial charge in [0.2, 0.25) is 5.91 Å². The van der Waals surface area contributed by atoms with E-state index in [4.69, 9.17) is 5.73 Å². The van der Waals surface area contributed by atoms with Gasteiger partial charge in [-0.1, -0.05) is 30.3 Å².